The summed E-state index contributed by atoms with van der Waals surface area (Å²) in [5, 5.41) is 20.7. The standard InChI is InChI=1S/C22H18F3N7O/c1-2-16(29-21(33)28-14-22(23,24)25)5-3-4-6-18-13-27-20-11-15(9-10-32(18)20)19-8-7-17(12-26)30-31-19/h2-5,7-11,13H,1,6,14H2,(H2,28,29,33)/b4-3-,16-5+. The van der Waals surface area contributed by atoms with Crippen LogP contribution in [0, 0.1) is 11.3 Å². The number of carbonyl (C=O) groups excluding carboxylic acids is 1. The quantitative estimate of drug-likeness (QED) is 0.531. The summed E-state index contributed by atoms with van der Waals surface area (Å²) in [6, 6.07) is 7.96. The molecule has 0 aliphatic rings. The molecule has 0 saturated heterocycles. The number of imidazole rings is 1. The maximum Gasteiger partial charge on any atom is 0.405 e. The highest BCUT2D eigenvalue weighted by molar-refractivity contribution is 5.76. The Morgan fingerprint density at radius 2 is 2.09 bits per heavy atom. The van der Waals surface area contributed by atoms with Gasteiger partial charge in [-0.2, -0.15) is 18.4 Å². The molecule has 0 spiro atoms. The summed E-state index contributed by atoms with van der Waals surface area (Å²) >= 11 is 0. The topological polar surface area (TPSA) is 108 Å². The zero-order chi connectivity index (χ0) is 23.8. The SMILES string of the molecule is C=C/C(=C\C=C/Cc1cnc2cc(-c3ccc(C#N)nn3)ccn12)NC(=O)NCC(F)(F)F. The summed E-state index contributed by atoms with van der Waals surface area (Å²) in [5.74, 6) is 0. The Bertz CT molecular complexity index is 1250. The average Bonchev–Trinajstić information content (AvgIpc) is 3.21. The van der Waals surface area contributed by atoms with Gasteiger partial charge in [-0.1, -0.05) is 18.7 Å². The third-order valence-electron chi connectivity index (χ3n) is 4.33. The summed E-state index contributed by atoms with van der Waals surface area (Å²) in [6.07, 6.45) is 5.89. The first-order chi connectivity index (χ1) is 15.8. The number of nitriles is 1. The fraction of sp³-hybridized carbons (Fsp3) is 0.136. The number of pyridine rings is 1. The highest BCUT2D eigenvalue weighted by Gasteiger charge is 2.27. The number of nitrogens with zero attached hydrogens (tertiary/aromatic N) is 5. The van der Waals surface area contributed by atoms with Crippen molar-refractivity contribution in [1.29, 1.82) is 5.26 Å². The number of urea groups is 1. The summed E-state index contributed by atoms with van der Waals surface area (Å²) in [6.45, 7) is 2.11. The van der Waals surface area contributed by atoms with Gasteiger partial charge < -0.3 is 15.0 Å². The van der Waals surface area contributed by atoms with Gasteiger partial charge in [0.2, 0.25) is 0 Å². The fourth-order valence-electron chi connectivity index (χ4n) is 2.77. The number of hydrogen-bond acceptors (Lipinski definition) is 5. The molecule has 0 aliphatic carbocycles. The van der Waals surface area contributed by atoms with Crippen LogP contribution in [0.1, 0.15) is 11.4 Å². The van der Waals surface area contributed by atoms with Crippen molar-refractivity contribution in [2.45, 2.75) is 12.6 Å². The van der Waals surface area contributed by atoms with E-state index in [-0.39, 0.29) is 11.4 Å². The molecule has 11 heteroatoms. The molecule has 3 rings (SSSR count). The van der Waals surface area contributed by atoms with E-state index < -0.39 is 18.8 Å². The lowest BCUT2D eigenvalue weighted by Gasteiger charge is -2.09. The smallest absolute Gasteiger partial charge is 0.329 e. The van der Waals surface area contributed by atoms with Gasteiger partial charge in [0.05, 0.1) is 5.69 Å². The molecule has 0 unspecified atom stereocenters. The maximum absolute atomic E-state index is 12.2. The molecular weight excluding hydrogens is 435 g/mol. The van der Waals surface area contributed by atoms with E-state index in [9.17, 15) is 18.0 Å². The Morgan fingerprint density at radius 3 is 2.76 bits per heavy atom. The number of aromatic nitrogens is 4. The van der Waals surface area contributed by atoms with E-state index in [0.29, 0.717) is 17.8 Å². The maximum atomic E-state index is 12.2. The molecule has 0 atom stereocenters. The first-order valence-electron chi connectivity index (χ1n) is 9.60. The number of halogens is 3. The molecule has 0 radical (unpaired) electrons. The fourth-order valence-corrected chi connectivity index (χ4v) is 2.77. The van der Waals surface area contributed by atoms with E-state index in [4.69, 9.17) is 5.26 Å². The van der Waals surface area contributed by atoms with Crippen molar-refractivity contribution in [2.75, 3.05) is 6.54 Å². The number of hydrogen-bond donors (Lipinski definition) is 2. The number of alkyl halides is 3. The zero-order valence-electron chi connectivity index (χ0n) is 17.2. The van der Waals surface area contributed by atoms with Gasteiger partial charge in [0.25, 0.3) is 0 Å². The molecule has 2 amide bonds. The summed E-state index contributed by atoms with van der Waals surface area (Å²) in [7, 11) is 0. The largest absolute Gasteiger partial charge is 0.405 e. The molecule has 0 bridgehead atoms. The molecular formula is C22H18F3N7O. The van der Waals surface area contributed by atoms with E-state index in [1.165, 1.54) is 12.2 Å². The van der Waals surface area contributed by atoms with Crippen LogP contribution >= 0.6 is 0 Å². The number of rotatable bonds is 7. The van der Waals surface area contributed by atoms with Gasteiger partial charge in [-0.15, -0.1) is 10.2 Å². The molecule has 0 saturated carbocycles. The lowest BCUT2D eigenvalue weighted by Crippen LogP contribution is -2.40. The Kier molecular flexibility index (Phi) is 7.20. The van der Waals surface area contributed by atoms with Crippen molar-refractivity contribution < 1.29 is 18.0 Å². The Morgan fingerprint density at radius 1 is 1.27 bits per heavy atom. The highest BCUT2D eigenvalue weighted by atomic mass is 19.4. The Hall–Kier alpha value is -4.46. The van der Waals surface area contributed by atoms with E-state index in [1.807, 2.05) is 34.9 Å². The monoisotopic (exact) mass is 453 g/mol. The van der Waals surface area contributed by atoms with Crippen LogP contribution in [-0.4, -0.2) is 38.3 Å². The van der Waals surface area contributed by atoms with Crippen molar-refractivity contribution in [3.05, 3.63) is 84.6 Å². The minimum Gasteiger partial charge on any atom is -0.329 e. The van der Waals surface area contributed by atoms with Crippen LogP contribution in [0.2, 0.25) is 0 Å². The summed E-state index contributed by atoms with van der Waals surface area (Å²) in [5.41, 5.74) is 3.50. The van der Waals surface area contributed by atoms with Crippen LogP contribution in [0.4, 0.5) is 18.0 Å². The second-order valence-corrected chi connectivity index (χ2v) is 6.69. The predicted octanol–water partition coefficient (Wildman–Crippen LogP) is 3.69. The van der Waals surface area contributed by atoms with Gasteiger partial charge in [0.15, 0.2) is 5.69 Å². The Labute approximate surface area is 186 Å². The van der Waals surface area contributed by atoms with Gasteiger partial charge in [0, 0.05) is 35.8 Å². The number of allylic oxidation sites excluding steroid dienone is 4. The van der Waals surface area contributed by atoms with Gasteiger partial charge >= 0.3 is 12.2 Å². The predicted molar refractivity (Wildman–Crippen MR) is 115 cm³/mol. The van der Waals surface area contributed by atoms with Crippen LogP contribution in [0.3, 0.4) is 0 Å². The third-order valence-corrected chi connectivity index (χ3v) is 4.33. The van der Waals surface area contributed by atoms with Gasteiger partial charge in [0.1, 0.15) is 18.3 Å². The Balaban J connectivity index is 1.63. The second-order valence-electron chi connectivity index (χ2n) is 6.69. The van der Waals surface area contributed by atoms with Gasteiger partial charge in [-0.3, -0.25) is 0 Å². The van der Waals surface area contributed by atoms with Crippen LogP contribution in [-0.2, 0) is 6.42 Å². The lowest BCUT2D eigenvalue weighted by molar-refractivity contribution is -0.122. The number of fused-ring (bicyclic) bond motifs is 1. The number of nitrogens with one attached hydrogen (secondary N) is 2. The van der Waals surface area contributed by atoms with Crippen molar-refractivity contribution >= 4 is 11.7 Å². The lowest BCUT2D eigenvalue weighted by atomic mass is 10.2. The van der Waals surface area contributed by atoms with E-state index in [1.54, 1.807) is 29.7 Å². The molecule has 3 heterocycles. The molecule has 168 valence electrons. The van der Waals surface area contributed by atoms with Gasteiger partial charge in [-0.05, 0) is 36.4 Å². The second kappa shape index (κ2) is 10.2. The van der Waals surface area contributed by atoms with Crippen molar-refractivity contribution in [3.63, 3.8) is 0 Å². The van der Waals surface area contributed by atoms with Crippen LogP contribution < -0.4 is 10.6 Å². The van der Waals surface area contributed by atoms with E-state index in [2.05, 4.69) is 27.1 Å². The molecule has 8 nitrogen and oxygen atoms in total. The summed E-state index contributed by atoms with van der Waals surface area (Å²) in [4.78, 5) is 15.9. The molecule has 3 aromatic heterocycles. The minimum absolute atomic E-state index is 0.237. The molecule has 0 aromatic carbocycles. The summed E-state index contributed by atoms with van der Waals surface area (Å²) < 4.78 is 38.4. The molecule has 3 aromatic rings. The molecule has 0 fully saturated rings. The number of carbonyl (C=O) groups is 1. The van der Waals surface area contributed by atoms with Crippen molar-refractivity contribution in [2.24, 2.45) is 0 Å². The number of amides is 2. The highest BCUT2D eigenvalue weighted by Crippen LogP contribution is 2.19. The van der Waals surface area contributed by atoms with Crippen LogP contribution in [0.5, 0.6) is 0 Å². The van der Waals surface area contributed by atoms with Crippen LogP contribution in [0.15, 0.2) is 73.2 Å². The normalized spacial score (nSPS) is 12.0. The minimum atomic E-state index is -4.49. The van der Waals surface area contributed by atoms with Gasteiger partial charge in [-0.25, -0.2) is 9.78 Å². The van der Waals surface area contributed by atoms with Crippen molar-refractivity contribution in [1.82, 2.24) is 30.2 Å². The van der Waals surface area contributed by atoms with E-state index >= 15 is 0 Å². The zero-order valence-corrected chi connectivity index (χ0v) is 17.2. The first kappa shape index (κ1) is 23.2. The van der Waals surface area contributed by atoms with Crippen LogP contribution in [0.25, 0.3) is 16.9 Å². The molecule has 33 heavy (non-hydrogen) atoms. The first-order valence-corrected chi connectivity index (χ1v) is 9.60. The van der Waals surface area contributed by atoms with E-state index in [0.717, 1.165) is 11.3 Å². The molecule has 2 N–H and O–H groups in total. The third kappa shape index (κ3) is 6.51. The molecule has 0 aliphatic heterocycles. The van der Waals surface area contributed by atoms with Crippen molar-refractivity contribution in [3.8, 4) is 17.3 Å². The average molecular weight is 453 g/mol.